The SMILES string of the molecule is O=C(Nc1ccc(Cn2cccn2)cc1)C1CCN(Cc2cccnc2)CC1. The van der Waals surface area contributed by atoms with Gasteiger partial charge in [0.2, 0.25) is 5.91 Å². The van der Waals surface area contributed by atoms with Crippen LogP contribution in [0.4, 0.5) is 5.69 Å². The summed E-state index contributed by atoms with van der Waals surface area (Å²) in [4.78, 5) is 19.2. The van der Waals surface area contributed by atoms with E-state index in [4.69, 9.17) is 0 Å². The maximum Gasteiger partial charge on any atom is 0.227 e. The molecule has 0 radical (unpaired) electrons. The highest BCUT2D eigenvalue weighted by Gasteiger charge is 2.25. The summed E-state index contributed by atoms with van der Waals surface area (Å²) in [6.45, 7) is 3.52. The Morgan fingerprint density at radius 3 is 2.50 bits per heavy atom. The molecule has 0 bridgehead atoms. The van der Waals surface area contributed by atoms with Gasteiger partial charge in [-0.2, -0.15) is 5.10 Å². The van der Waals surface area contributed by atoms with Crippen LogP contribution in [0, 0.1) is 5.92 Å². The van der Waals surface area contributed by atoms with Crippen LogP contribution in [0.15, 0.2) is 67.3 Å². The number of carbonyl (C=O) groups excluding carboxylic acids is 1. The number of rotatable bonds is 6. The molecule has 2 aromatic heterocycles. The van der Waals surface area contributed by atoms with Crippen molar-refractivity contribution in [3.63, 3.8) is 0 Å². The molecule has 4 rings (SSSR count). The standard InChI is InChI=1S/C22H25N5O/c28-22(20-8-13-26(14-9-20)16-19-3-1-10-23-15-19)25-21-6-4-18(5-7-21)17-27-12-2-11-24-27/h1-7,10-12,15,20H,8-9,13-14,16-17H2,(H,25,28). The monoisotopic (exact) mass is 375 g/mol. The maximum atomic E-state index is 12.6. The Morgan fingerprint density at radius 2 is 1.82 bits per heavy atom. The lowest BCUT2D eigenvalue weighted by atomic mass is 9.95. The van der Waals surface area contributed by atoms with Crippen LogP contribution in [-0.2, 0) is 17.9 Å². The van der Waals surface area contributed by atoms with E-state index in [2.05, 4.69) is 26.4 Å². The Morgan fingerprint density at radius 1 is 1.00 bits per heavy atom. The van der Waals surface area contributed by atoms with Gasteiger partial charge in [-0.1, -0.05) is 18.2 Å². The Kier molecular flexibility index (Phi) is 5.77. The summed E-state index contributed by atoms with van der Waals surface area (Å²) in [6.07, 6.45) is 9.21. The van der Waals surface area contributed by atoms with Crippen LogP contribution >= 0.6 is 0 Å². The van der Waals surface area contributed by atoms with Gasteiger partial charge in [0, 0.05) is 42.9 Å². The van der Waals surface area contributed by atoms with E-state index in [9.17, 15) is 4.79 Å². The highest BCUT2D eigenvalue weighted by Crippen LogP contribution is 2.21. The topological polar surface area (TPSA) is 63.1 Å². The number of hydrogen-bond donors (Lipinski definition) is 1. The molecule has 0 aliphatic carbocycles. The number of likely N-dealkylation sites (tertiary alicyclic amines) is 1. The zero-order valence-corrected chi connectivity index (χ0v) is 15.9. The van der Waals surface area contributed by atoms with E-state index in [1.54, 1.807) is 12.4 Å². The Bertz CT molecular complexity index is 869. The van der Waals surface area contributed by atoms with Crippen LogP contribution in [0.1, 0.15) is 24.0 Å². The molecular formula is C22H25N5O. The summed E-state index contributed by atoms with van der Waals surface area (Å²) in [5.74, 6) is 0.203. The number of anilines is 1. The summed E-state index contributed by atoms with van der Waals surface area (Å²) in [5.41, 5.74) is 3.23. The van der Waals surface area contributed by atoms with Crippen molar-refractivity contribution in [3.8, 4) is 0 Å². The van der Waals surface area contributed by atoms with Gasteiger partial charge in [-0.05, 0) is 61.3 Å². The van der Waals surface area contributed by atoms with Crippen molar-refractivity contribution in [2.75, 3.05) is 18.4 Å². The van der Waals surface area contributed by atoms with Crippen LogP contribution in [0.3, 0.4) is 0 Å². The summed E-state index contributed by atoms with van der Waals surface area (Å²) in [7, 11) is 0. The highest BCUT2D eigenvalue weighted by atomic mass is 16.1. The quantitative estimate of drug-likeness (QED) is 0.719. The third kappa shape index (κ3) is 4.84. The van der Waals surface area contributed by atoms with Crippen molar-refractivity contribution in [1.29, 1.82) is 0 Å². The zero-order chi connectivity index (χ0) is 19.2. The fourth-order valence-electron chi connectivity index (χ4n) is 3.62. The Labute approximate surface area is 165 Å². The van der Waals surface area contributed by atoms with Crippen LogP contribution in [0.5, 0.6) is 0 Å². The van der Waals surface area contributed by atoms with Gasteiger partial charge in [-0.25, -0.2) is 0 Å². The molecule has 0 atom stereocenters. The van der Waals surface area contributed by atoms with Gasteiger partial charge in [0.05, 0.1) is 6.54 Å². The second kappa shape index (κ2) is 8.80. The third-order valence-electron chi connectivity index (χ3n) is 5.21. The van der Waals surface area contributed by atoms with E-state index in [1.807, 2.05) is 53.5 Å². The molecule has 0 saturated carbocycles. The lowest BCUT2D eigenvalue weighted by molar-refractivity contribution is -0.121. The summed E-state index contributed by atoms with van der Waals surface area (Å²) in [5, 5.41) is 7.29. The normalized spacial score (nSPS) is 15.4. The van der Waals surface area contributed by atoms with Crippen molar-refractivity contribution >= 4 is 11.6 Å². The van der Waals surface area contributed by atoms with E-state index in [0.717, 1.165) is 50.3 Å². The van der Waals surface area contributed by atoms with E-state index in [-0.39, 0.29) is 11.8 Å². The van der Waals surface area contributed by atoms with Crippen LogP contribution in [0.25, 0.3) is 0 Å². The smallest absolute Gasteiger partial charge is 0.227 e. The average molecular weight is 375 g/mol. The molecule has 1 aromatic carbocycles. The number of piperidine rings is 1. The third-order valence-corrected chi connectivity index (χ3v) is 5.21. The second-order valence-electron chi connectivity index (χ2n) is 7.30. The van der Waals surface area contributed by atoms with E-state index in [1.165, 1.54) is 5.56 Å². The molecule has 1 saturated heterocycles. The minimum absolute atomic E-state index is 0.0777. The Hall–Kier alpha value is -2.99. The van der Waals surface area contributed by atoms with Crippen molar-refractivity contribution < 1.29 is 4.79 Å². The number of nitrogens with one attached hydrogen (secondary N) is 1. The number of amides is 1. The molecule has 1 amide bonds. The van der Waals surface area contributed by atoms with Crippen molar-refractivity contribution in [1.82, 2.24) is 19.7 Å². The first kappa shape index (κ1) is 18.4. The number of carbonyl (C=O) groups is 1. The molecule has 144 valence electrons. The van der Waals surface area contributed by atoms with Gasteiger partial charge in [0.15, 0.2) is 0 Å². The van der Waals surface area contributed by atoms with Crippen LogP contribution in [-0.4, -0.2) is 38.7 Å². The summed E-state index contributed by atoms with van der Waals surface area (Å²) < 4.78 is 1.88. The van der Waals surface area contributed by atoms with Gasteiger partial charge in [-0.3, -0.25) is 19.4 Å². The molecule has 3 aromatic rings. The largest absolute Gasteiger partial charge is 0.326 e. The molecule has 28 heavy (non-hydrogen) atoms. The van der Waals surface area contributed by atoms with E-state index in [0.29, 0.717) is 0 Å². The molecule has 1 N–H and O–H groups in total. The minimum Gasteiger partial charge on any atom is -0.326 e. The van der Waals surface area contributed by atoms with Gasteiger partial charge in [-0.15, -0.1) is 0 Å². The van der Waals surface area contributed by atoms with Gasteiger partial charge in [0.1, 0.15) is 0 Å². The highest BCUT2D eigenvalue weighted by molar-refractivity contribution is 5.92. The Balaban J connectivity index is 1.25. The molecule has 1 aliphatic rings. The lowest BCUT2D eigenvalue weighted by Crippen LogP contribution is -2.37. The van der Waals surface area contributed by atoms with Crippen molar-refractivity contribution in [3.05, 3.63) is 78.4 Å². The molecule has 6 heteroatoms. The zero-order valence-electron chi connectivity index (χ0n) is 15.9. The number of nitrogens with zero attached hydrogens (tertiary/aromatic N) is 4. The fourth-order valence-corrected chi connectivity index (χ4v) is 3.62. The lowest BCUT2D eigenvalue weighted by Gasteiger charge is -2.31. The molecule has 3 heterocycles. The molecule has 1 fully saturated rings. The second-order valence-corrected chi connectivity index (χ2v) is 7.30. The summed E-state index contributed by atoms with van der Waals surface area (Å²) in [6, 6.07) is 14.0. The number of hydrogen-bond acceptors (Lipinski definition) is 4. The minimum atomic E-state index is 0.0777. The van der Waals surface area contributed by atoms with Gasteiger partial charge >= 0.3 is 0 Å². The molecule has 1 aliphatic heterocycles. The number of aromatic nitrogens is 3. The number of pyridine rings is 1. The van der Waals surface area contributed by atoms with E-state index < -0.39 is 0 Å². The van der Waals surface area contributed by atoms with Crippen molar-refractivity contribution in [2.24, 2.45) is 5.92 Å². The molecule has 0 spiro atoms. The molecule has 0 unspecified atom stereocenters. The molecule has 6 nitrogen and oxygen atoms in total. The predicted molar refractivity (Wildman–Crippen MR) is 109 cm³/mol. The average Bonchev–Trinajstić information content (AvgIpc) is 3.24. The van der Waals surface area contributed by atoms with Gasteiger partial charge < -0.3 is 5.32 Å². The summed E-state index contributed by atoms with van der Waals surface area (Å²) >= 11 is 0. The van der Waals surface area contributed by atoms with Crippen LogP contribution in [0.2, 0.25) is 0 Å². The first-order valence-electron chi connectivity index (χ1n) is 9.75. The van der Waals surface area contributed by atoms with E-state index >= 15 is 0 Å². The predicted octanol–water partition coefficient (Wildman–Crippen LogP) is 3.18. The maximum absolute atomic E-state index is 12.6. The first-order valence-corrected chi connectivity index (χ1v) is 9.75. The number of benzene rings is 1. The van der Waals surface area contributed by atoms with Crippen molar-refractivity contribution in [2.45, 2.75) is 25.9 Å². The first-order chi connectivity index (χ1) is 13.8. The van der Waals surface area contributed by atoms with Crippen LogP contribution < -0.4 is 5.32 Å². The van der Waals surface area contributed by atoms with Gasteiger partial charge in [0.25, 0.3) is 0 Å². The fraction of sp³-hybridized carbons (Fsp3) is 0.318. The molecular weight excluding hydrogens is 350 g/mol.